The maximum absolute atomic E-state index is 13.6. The van der Waals surface area contributed by atoms with Crippen LogP contribution in [0.1, 0.15) is 6.42 Å². The van der Waals surface area contributed by atoms with E-state index in [-0.39, 0.29) is 11.9 Å². The SMILES string of the molecule is COC(=O)NC1CCN(c2cc(F)c(Br)cc2N)C1. The van der Waals surface area contributed by atoms with Crippen molar-refractivity contribution >= 4 is 33.4 Å². The van der Waals surface area contributed by atoms with Crippen molar-refractivity contribution in [3.8, 4) is 0 Å². The summed E-state index contributed by atoms with van der Waals surface area (Å²) in [5.41, 5.74) is 7.05. The zero-order valence-electron chi connectivity index (χ0n) is 10.5. The van der Waals surface area contributed by atoms with E-state index in [1.807, 2.05) is 4.90 Å². The Morgan fingerprint density at radius 1 is 1.63 bits per heavy atom. The topological polar surface area (TPSA) is 67.6 Å². The number of benzene rings is 1. The number of nitrogens with zero attached hydrogens (tertiary/aromatic N) is 1. The number of halogens is 2. The Morgan fingerprint density at radius 3 is 3.05 bits per heavy atom. The van der Waals surface area contributed by atoms with Crippen LogP contribution in [-0.4, -0.2) is 32.3 Å². The molecule has 0 aromatic heterocycles. The van der Waals surface area contributed by atoms with Crippen LogP contribution in [0.2, 0.25) is 0 Å². The molecule has 7 heteroatoms. The van der Waals surface area contributed by atoms with Gasteiger partial charge in [-0.2, -0.15) is 0 Å². The van der Waals surface area contributed by atoms with Crippen molar-refractivity contribution < 1.29 is 13.9 Å². The van der Waals surface area contributed by atoms with E-state index in [4.69, 9.17) is 5.73 Å². The maximum atomic E-state index is 13.6. The van der Waals surface area contributed by atoms with Gasteiger partial charge in [-0.15, -0.1) is 0 Å². The molecule has 0 saturated carbocycles. The predicted molar refractivity (Wildman–Crippen MR) is 74.7 cm³/mol. The van der Waals surface area contributed by atoms with Gasteiger partial charge < -0.3 is 20.7 Å². The van der Waals surface area contributed by atoms with Crippen LogP contribution in [0.4, 0.5) is 20.6 Å². The molecule has 1 heterocycles. The molecule has 0 bridgehead atoms. The van der Waals surface area contributed by atoms with Gasteiger partial charge in [-0.1, -0.05) is 0 Å². The Bertz CT molecular complexity index is 498. The summed E-state index contributed by atoms with van der Waals surface area (Å²) < 4.78 is 18.5. The fourth-order valence-electron chi connectivity index (χ4n) is 2.15. The minimum Gasteiger partial charge on any atom is -0.453 e. The number of alkyl carbamates (subject to hydrolysis) is 1. The number of hydrogen-bond acceptors (Lipinski definition) is 4. The lowest BCUT2D eigenvalue weighted by Gasteiger charge is -2.21. The van der Waals surface area contributed by atoms with Crippen LogP contribution in [-0.2, 0) is 4.74 Å². The van der Waals surface area contributed by atoms with Gasteiger partial charge in [-0.3, -0.25) is 0 Å². The third kappa shape index (κ3) is 3.09. The number of ether oxygens (including phenoxy) is 1. The first-order valence-corrected chi connectivity index (χ1v) is 6.64. The van der Waals surface area contributed by atoms with E-state index in [0.717, 1.165) is 6.42 Å². The summed E-state index contributed by atoms with van der Waals surface area (Å²) in [6, 6.07) is 2.93. The summed E-state index contributed by atoms with van der Waals surface area (Å²) in [6.45, 7) is 1.29. The molecule has 1 fully saturated rings. The van der Waals surface area contributed by atoms with Gasteiger partial charge in [0.2, 0.25) is 0 Å². The summed E-state index contributed by atoms with van der Waals surface area (Å²) in [5.74, 6) is -0.353. The summed E-state index contributed by atoms with van der Waals surface area (Å²) >= 11 is 3.10. The number of amides is 1. The third-order valence-corrected chi connectivity index (χ3v) is 3.71. The van der Waals surface area contributed by atoms with Gasteiger partial charge in [0, 0.05) is 19.2 Å². The number of anilines is 2. The van der Waals surface area contributed by atoms with Crippen molar-refractivity contribution in [1.82, 2.24) is 5.32 Å². The zero-order chi connectivity index (χ0) is 14.0. The van der Waals surface area contributed by atoms with Gasteiger partial charge in [0.25, 0.3) is 0 Å². The average Bonchev–Trinajstić information content (AvgIpc) is 2.82. The predicted octanol–water partition coefficient (Wildman–Crippen LogP) is 2.11. The van der Waals surface area contributed by atoms with Crippen molar-refractivity contribution in [2.24, 2.45) is 0 Å². The Kier molecular flexibility index (Phi) is 4.14. The number of carbonyl (C=O) groups is 1. The number of methoxy groups -OCH3 is 1. The fourth-order valence-corrected chi connectivity index (χ4v) is 2.51. The molecule has 19 heavy (non-hydrogen) atoms. The molecule has 3 N–H and O–H groups in total. The van der Waals surface area contributed by atoms with E-state index in [9.17, 15) is 9.18 Å². The van der Waals surface area contributed by atoms with Gasteiger partial charge in [0.05, 0.1) is 29.0 Å². The number of nitrogens with two attached hydrogens (primary N) is 1. The Hall–Kier alpha value is -1.50. The van der Waals surface area contributed by atoms with E-state index in [1.165, 1.54) is 13.2 Å². The number of nitrogen functional groups attached to an aromatic ring is 1. The van der Waals surface area contributed by atoms with E-state index in [2.05, 4.69) is 26.0 Å². The van der Waals surface area contributed by atoms with Crippen LogP contribution in [0.5, 0.6) is 0 Å². The van der Waals surface area contributed by atoms with Gasteiger partial charge in [0.15, 0.2) is 0 Å². The van der Waals surface area contributed by atoms with Crippen LogP contribution < -0.4 is 16.0 Å². The van der Waals surface area contributed by atoms with Crippen molar-refractivity contribution in [1.29, 1.82) is 0 Å². The largest absolute Gasteiger partial charge is 0.453 e. The van der Waals surface area contributed by atoms with E-state index in [1.54, 1.807) is 6.07 Å². The molecule has 2 rings (SSSR count). The highest BCUT2D eigenvalue weighted by molar-refractivity contribution is 9.10. The first-order chi connectivity index (χ1) is 9.01. The molecule has 0 aliphatic carbocycles. The van der Waals surface area contributed by atoms with E-state index >= 15 is 0 Å². The molecular weight excluding hydrogens is 317 g/mol. The first kappa shape index (κ1) is 13.9. The lowest BCUT2D eigenvalue weighted by atomic mass is 10.2. The Labute approximate surface area is 119 Å². The maximum Gasteiger partial charge on any atom is 0.407 e. The molecule has 1 amide bonds. The fraction of sp³-hybridized carbons (Fsp3) is 0.417. The number of carbonyl (C=O) groups excluding carboxylic acids is 1. The Morgan fingerprint density at radius 2 is 2.37 bits per heavy atom. The van der Waals surface area contributed by atoms with Gasteiger partial charge in [-0.05, 0) is 28.4 Å². The van der Waals surface area contributed by atoms with Crippen LogP contribution in [0, 0.1) is 5.82 Å². The van der Waals surface area contributed by atoms with Crippen LogP contribution in [0.25, 0.3) is 0 Å². The van der Waals surface area contributed by atoms with Gasteiger partial charge >= 0.3 is 6.09 Å². The lowest BCUT2D eigenvalue weighted by Crippen LogP contribution is -2.37. The number of nitrogens with one attached hydrogen (secondary N) is 1. The lowest BCUT2D eigenvalue weighted by molar-refractivity contribution is 0.167. The van der Waals surface area contributed by atoms with Crippen molar-refractivity contribution in [2.75, 3.05) is 30.8 Å². The highest BCUT2D eigenvalue weighted by Gasteiger charge is 2.26. The minimum atomic E-state index is -0.457. The molecule has 1 aliphatic heterocycles. The summed E-state index contributed by atoms with van der Waals surface area (Å²) in [6.07, 6.45) is 0.313. The zero-order valence-corrected chi connectivity index (χ0v) is 12.0. The van der Waals surface area contributed by atoms with Gasteiger partial charge in [0.1, 0.15) is 5.82 Å². The summed E-state index contributed by atoms with van der Waals surface area (Å²) in [7, 11) is 1.32. The van der Waals surface area contributed by atoms with Crippen LogP contribution >= 0.6 is 15.9 Å². The molecule has 5 nitrogen and oxygen atoms in total. The quantitative estimate of drug-likeness (QED) is 0.814. The van der Waals surface area contributed by atoms with Gasteiger partial charge in [-0.25, -0.2) is 9.18 Å². The molecular formula is C12H15BrFN3O2. The molecule has 1 saturated heterocycles. The van der Waals surface area contributed by atoms with Crippen LogP contribution in [0.15, 0.2) is 16.6 Å². The summed E-state index contributed by atoms with van der Waals surface area (Å²) in [5, 5.41) is 2.73. The first-order valence-electron chi connectivity index (χ1n) is 5.85. The average molecular weight is 332 g/mol. The molecule has 1 aromatic carbocycles. The molecule has 1 unspecified atom stereocenters. The second kappa shape index (κ2) is 5.64. The second-order valence-electron chi connectivity index (χ2n) is 4.39. The monoisotopic (exact) mass is 331 g/mol. The van der Waals surface area contributed by atoms with Crippen molar-refractivity contribution in [2.45, 2.75) is 12.5 Å². The summed E-state index contributed by atoms with van der Waals surface area (Å²) in [4.78, 5) is 13.1. The Balaban J connectivity index is 2.08. The molecule has 1 atom stereocenters. The molecule has 104 valence electrons. The molecule has 0 spiro atoms. The number of hydrogen-bond donors (Lipinski definition) is 2. The molecule has 0 radical (unpaired) electrons. The third-order valence-electron chi connectivity index (χ3n) is 3.11. The van der Waals surface area contributed by atoms with Crippen molar-refractivity contribution in [3.63, 3.8) is 0 Å². The molecule has 1 aliphatic rings. The normalized spacial score (nSPS) is 18.5. The number of rotatable bonds is 2. The second-order valence-corrected chi connectivity index (χ2v) is 5.25. The van der Waals surface area contributed by atoms with Crippen LogP contribution in [0.3, 0.4) is 0 Å². The molecule has 1 aromatic rings. The van der Waals surface area contributed by atoms with Crippen molar-refractivity contribution in [3.05, 3.63) is 22.4 Å². The minimum absolute atomic E-state index is 0.0152. The standard InChI is InChI=1S/C12H15BrFN3O2/c1-19-12(18)16-7-2-3-17(6-7)11-5-9(14)8(13)4-10(11)15/h4-5,7H,2-3,6,15H2,1H3,(H,16,18). The highest BCUT2D eigenvalue weighted by atomic mass is 79.9. The van der Waals surface area contributed by atoms with E-state index < -0.39 is 6.09 Å². The van der Waals surface area contributed by atoms with E-state index in [0.29, 0.717) is 28.9 Å². The highest BCUT2D eigenvalue weighted by Crippen LogP contribution is 2.31. The smallest absolute Gasteiger partial charge is 0.407 e.